The third-order valence-corrected chi connectivity index (χ3v) is 3.50. The van der Waals surface area contributed by atoms with E-state index in [1.54, 1.807) is 15.8 Å². The molecule has 0 saturated carbocycles. The van der Waals surface area contributed by atoms with Crippen molar-refractivity contribution < 1.29 is 14.7 Å². The molecule has 0 aromatic carbocycles. The molecule has 2 heterocycles. The van der Waals surface area contributed by atoms with Crippen LogP contribution in [0.15, 0.2) is 12.4 Å². The van der Waals surface area contributed by atoms with Gasteiger partial charge < -0.3 is 15.3 Å². The van der Waals surface area contributed by atoms with Crippen molar-refractivity contribution in [2.75, 3.05) is 13.1 Å². The zero-order valence-corrected chi connectivity index (χ0v) is 11.6. The Bertz CT molecular complexity index is 486. The van der Waals surface area contributed by atoms with Crippen molar-refractivity contribution >= 4 is 12.0 Å². The molecule has 0 bridgehead atoms. The van der Waals surface area contributed by atoms with Crippen molar-refractivity contribution in [3.05, 3.63) is 18.0 Å². The number of likely N-dealkylation sites (tertiary alicyclic amines) is 1. The highest BCUT2D eigenvalue weighted by Crippen LogP contribution is 2.19. The molecule has 0 spiro atoms. The minimum absolute atomic E-state index is 0.0238. The third-order valence-electron chi connectivity index (χ3n) is 3.50. The highest BCUT2D eigenvalue weighted by Gasteiger charge is 2.30. The Morgan fingerprint density at radius 2 is 2.35 bits per heavy atom. The van der Waals surface area contributed by atoms with Gasteiger partial charge in [0.2, 0.25) is 0 Å². The summed E-state index contributed by atoms with van der Waals surface area (Å²) in [5.41, 5.74) is 1.07. The van der Waals surface area contributed by atoms with E-state index in [2.05, 4.69) is 10.4 Å². The molecular weight excluding hydrogens is 260 g/mol. The molecule has 2 amide bonds. The van der Waals surface area contributed by atoms with E-state index < -0.39 is 5.97 Å². The number of aryl methyl sites for hydroxylation is 1. The molecule has 1 aromatic rings. The molecule has 2 N–H and O–H groups in total. The molecule has 20 heavy (non-hydrogen) atoms. The fourth-order valence-corrected chi connectivity index (χ4v) is 2.53. The van der Waals surface area contributed by atoms with E-state index in [9.17, 15) is 9.59 Å². The van der Waals surface area contributed by atoms with Gasteiger partial charge in [0, 0.05) is 32.4 Å². The number of hydrogen-bond donors (Lipinski definition) is 2. The van der Waals surface area contributed by atoms with Crippen LogP contribution < -0.4 is 5.32 Å². The van der Waals surface area contributed by atoms with Gasteiger partial charge in [0.1, 0.15) is 0 Å². The number of carbonyl (C=O) groups excluding carboxylic acids is 1. The topological polar surface area (TPSA) is 87.5 Å². The first-order valence-corrected chi connectivity index (χ1v) is 6.80. The van der Waals surface area contributed by atoms with E-state index in [0.29, 0.717) is 13.1 Å². The lowest BCUT2D eigenvalue weighted by Crippen LogP contribution is -2.44. The number of nitrogens with one attached hydrogen (secondary N) is 1. The summed E-state index contributed by atoms with van der Waals surface area (Å²) in [5.74, 6) is -0.856. The minimum atomic E-state index is -0.856. The predicted molar refractivity (Wildman–Crippen MR) is 72.3 cm³/mol. The monoisotopic (exact) mass is 280 g/mol. The first kappa shape index (κ1) is 14.4. The Kier molecular flexibility index (Phi) is 4.60. The van der Waals surface area contributed by atoms with Crippen LogP contribution in [0, 0.1) is 0 Å². The number of amides is 2. The van der Waals surface area contributed by atoms with Crippen LogP contribution >= 0.6 is 0 Å². The lowest BCUT2D eigenvalue weighted by Gasteiger charge is -2.23. The van der Waals surface area contributed by atoms with Crippen molar-refractivity contribution in [2.24, 2.45) is 7.05 Å². The number of urea groups is 1. The third kappa shape index (κ3) is 3.72. The summed E-state index contributed by atoms with van der Waals surface area (Å²) in [7, 11) is 1.85. The molecule has 1 fully saturated rings. The van der Waals surface area contributed by atoms with Gasteiger partial charge in [-0.25, -0.2) is 4.79 Å². The maximum Gasteiger partial charge on any atom is 0.317 e. The molecule has 1 atom stereocenters. The lowest BCUT2D eigenvalue weighted by molar-refractivity contribution is -0.137. The van der Waals surface area contributed by atoms with Crippen LogP contribution in [0.25, 0.3) is 0 Å². The Hall–Kier alpha value is -2.05. The zero-order chi connectivity index (χ0) is 14.5. The van der Waals surface area contributed by atoms with Crippen molar-refractivity contribution in [3.8, 4) is 0 Å². The molecule has 110 valence electrons. The number of carbonyl (C=O) groups is 2. The molecule has 7 nitrogen and oxygen atoms in total. The summed E-state index contributed by atoms with van der Waals surface area (Å²) in [6.07, 6.45) is 6.06. The number of carboxylic acid groups (broad SMARTS) is 1. The van der Waals surface area contributed by atoms with Crippen LogP contribution in [0.5, 0.6) is 0 Å². The molecule has 1 unspecified atom stereocenters. The van der Waals surface area contributed by atoms with E-state index in [-0.39, 0.29) is 18.5 Å². The molecule has 0 aliphatic carbocycles. The summed E-state index contributed by atoms with van der Waals surface area (Å²) in [4.78, 5) is 24.4. The number of carboxylic acids is 1. The molecule has 1 saturated heterocycles. The molecule has 1 aliphatic rings. The average Bonchev–Trinajstić information content (AvgIpc) is 2.98. The highest BCUT2D eigenvalue weighted by molar-refractivity contribution is 5.76. The van der Waals surface area contributed by atoms with E-state index in [4.69, 9.17) is 5.11 Å². The summed E-state index contributed by atoms with van der Waals surface area (Å²) in [5, 5.41) is 15.7. The second-order valence-corrected chi connectivity index (χ2v) is 5.09. The van der Waals surface area contributed by atoms with Gasteiger partial charge in [-0.2, -0.15) is 5.10 Å². The molecule has 2 rings (SSSR count). The normalized spacial score (nSPS) is 18.2. The number of aromatic nitrogens is 2. The Morgan fingerprint density at radius 1 is 1.55 bits per heavy atom. The zero-order valence-electron chi connectivity index (χ0n) is 11.6. The van der Waals surface area contributed by atoms with Gasteiger partial charge in [-0.05, 0) is 24.8 Å². The minimum Gasteiger partial charge on any atom is -0.481 e. The average molecular weight is 280 g/mol. The molecule has 1 aromatic heterocycles. The van der Waals surface area contributed by atoms with E-state index in [1.807, 2.05) is 13.2 Å². The maximum atomic E-state index is 12.0. The fraction of sp³-hybridized carbons (Fsp3) is 0.615. The van der Waals surface area contributed by atoms with E-state index >= 15 is 0 Å². The first-order chi connectivity index (χ1) is 9.56. The summed E-state index contributed by atoms with van der Waals surface area (Å²) >= 11 is 0. The van der Waals surface area contributed by atoms with Crippen LogP contribution in [-0.2, 0) is 18.3 Å². The van der Waals surface area contributed by atoms with Crippen molar-refractivity contribution in [3.63, 3.8) is 0 Å². The smallest absolute Gasteiger partial charge is 0.317 e. The second-order valence-electron chi connectivity index (χ2n) is 5.09. The van der Waals surface area contributed by atoms with Gasteiger partial charge in [0.15, 0.2) is 0 Å². The maximum absolute atomic E-state index is 12.0. The fourth-order valence-electron chi connectivity index (χ4n) is 2.53. The van der Waals surface area contributed by atoms with Crippen LogP contribution in [-0.4, -0.2) is 50.9 Å². The Labute approximate surface area is 117 Å². The van der Waals surface area contributed by atoms with Crippen molar-refractivity contribution in [1.29, 1.82) is 0 Å². The summed E-state index contributed by atoms with van der Waals surface area (Å²) in [6.45, 7) is 1.16. The standard InChI is InChI=1S/C13H20N4O3/c1-16-9-10(8-15-16)4-5-14-13(20)17-6-2-3-11(17)7-12(18)19/h8-9,11H,2-7H2,1H3,(H,14,20)(H,18,19). The Morgan fingerprint density at radius 3 is 3.00 bits per heavy atom. The van der Waals surface area contributed by atoms with Crippen molar-refractivity contribution in [2.45, 2.75) is 31.7 Å². The number of aliphatic carboxylic acids is 1. The highest BCUT2D eigenvalue weighted by atomic mass is 16.4. The first-order valence-electron chi connectivity index (χ1n) is 6.80. The van der Waals surface area contributed by atoms with Gasteiger partial charge in [0.25, 0.3) is 0 Å². The van der Waals surface area contributed by atoms with E-state index in [1.165, 1.54) is 0 Å². The second kappa shape index (κ2) is 6.40. The number of hydrogen-bond acceptors (Lipinski definition) is 3. The van der Waals surface area contributed by atoms with Crippen LogP contribution in [0.4, 0.5) is 4.79 Å². The van der Waals surface area contributed by atoms with Gasteiger partial charge in [0.05, 0.1) is 12.6 Å². The van der Waals surface area contributed by atoms with Crippen LogP contribution in [0.3, 0.4) is 0 Å². The predicted octanol–water partition coefficient (Wildman–Crippen LogP) is 0.611. The largest absolute Gasteiger partial charge is 0.481 e. The molecular formula is C13H20N4O3. The molecule has 7 heteroatoms. The SMILES string of the molecule is Cn1cc(CCNC(=O)N2CCCC2CC(=O)O)cn1. The summed E-state index contributed by atoms with van der Waals surface area (Å²) in [6, 6.07) is -0.344. The van der Waals surface area contributed by atoms with Gasteiger partial charge in [-0.15, -0.1) is 0 Å². The van der Waals surface area contributed by atoms with Gasteiger partial charge >= 0.3 is 12.0 Å². The van der Waals surface area contributed by atoms with Crippen LogP contribution in [0.2, 0.25) is 0 Å². The van der Waals surface area contributed by atoms with Crippen molar-refractivity contribution in [1.82, 2.24) is 20.0 Å². The quantitative estimate of drug-likeness (QED) is 0.827. The molecule has 0 radical (unpaired) electrons. The lowest BCUT2D eigenvalue weighted by atomic mass is 10.1. The van der Waals surface area contributed by atoms with Gasteiger partial charge in [-0.3, -0.25) is 9.48 Å². The summed E-state index contributed by atoms with van der Waals surface area (Å²) < 4.78 is 1.72. The van der Waals surface area contributed by atoms with E-state index in [0.717, 1.165) is 24.8 Å². The number of nitrogens with zero attached hydrogens (tertiary/aromatic N) is 3. The van der Waals surface area contributed by atoms with Crippen LogP contribution in [0.1, 0.15) is 24.8 Å². The molecule has 1 aliphatic heterocycles. The Balaban J connectivity index is 1.77. The van der Waals surface area contributed by atoms with Gasteiger partial charge in [-0.1, -0.05) is 0 Å². The number of rotatable bonds is 5.